The summed E-state index contributed by atoms with van der Waals surface area (Å²) in [5.74, 6) is -2.55. The lowest BCUT2D eigenvalue weighted by Crippen LogP contribution is -2.46. The van der Waals surface area contributed by atoms with Crippen LogP contribution in [-0.4, -0.2) is 44.7 Å². The van der Waals surface area contributed by atoms with Crippen LogP contribution in [-0.2, 0) is 0 Å². The number of amides is 2. The molecule has 1 saturated heterocycles. The van der Waals surface area contributed by atoms with Gasteiger partial charge in [-0.2, -0.15) is 5.10 Å². The number of anilines is 1. The number of carbonyl (C=O) groups excluding carboxylic acids is 2. The Balaban J connectivity index is 1.48. The maximum Gasteiger partial charge on any atom is 0.272 e. The van der Waals surface area contributed by atoms with E-state index >= 15 is 0 Å². The molecule has 1 aliphatic heterocycles. The van der Waals surface area contributed by atoms with E-state index in [2.05, 4.69) is 31.6 Å². The lowest BCUT2D eigenvalue weighted by molar-refractivity contribution is 0.0925. The van der Waals surface area contributed by atoms with Gasteiger partial charge in [-0.25, -0.2) is 13.5 Å². The molecule has 0 bridgehead atoms. The number of pyridine rings is 1. The summed E-state index contributed by atoms with van der Waals surface area (Å²) in [5, 5.41) is 9.91. The van der Waals surface area contributed by atoms with Crippen LogP contribution < -0.4 is 21.5 Å². The molecule has 2 unspecified atom stereocenters. The van der Waals surface area contributed by atoms with Gasteiger partial charge >= 0.3 is 0 Å². The van der Waals surface area contributed by atoms with Gasteiger partial charge in [0, 0.05) is 29.9 Å². The van der Waals surface area contributed by atoms with Gasteiger partial charge in [0.05, 0.1) is 22.3 Å². The normalized spacial score (nSPS) is 18.6. The number of halogens is 3. The quantitative estimate of drug-likeness (QED) is 0.287. The number of nitrogens with zero attached hydrogens (tertiary/aromatic N) is 3. The molecule has 0 radical (unpaired) electrons. The molecule has 200 valence electrons. The van der Waals surface area contributed by atoms with Gasteiger partial charge in [-0.3, -0.25) is 25.4 Å². The van der Waals surface area contributed by atoms with Crippen LogP contribution in [0.3, 0.4) is 0 Å². The molecule has 4 aromatic rings. The Kier molecular flexibility index (Phi) is 7.38. The van der Waals surface area contributed by atoms with E-state index in [0.29, 0.717) is 5.69 Å². The van der Waals surface area contributed by atoms with Gasteiger partial charge < -0.3 is 10.6 Å². The second kappa shape index (κ2) is 10.9. The Morgan fingerprint density at radius 3 is 2.36 bits per heavy atom. The van der Waals surface area contributed by atoms with Crippen LogP contribution >= 0.6 is 11.6 Å². The number of rotatable bonds is 6. The van der Waals surface area contributed by atoms with E-state index in [1.54, 1.807) is 24.3 Å². The van der Waals surface area contributed by atoms with Crippen molar-refractivity contribution in [2.24, 2.45) is 0 Å². The van der Waals surface area contributed by atoms with Gasteiger partial charge in [-0.1, -0.05) is 29.8 Å². The first-order valence-electron chi connectivity index (χ1n) is 12.1. The summed E-state index contributed by atoms with van der Waals surface area (Å²) in [6.45, 7) is 3.88. The van der Waals surface area contributed by atoms with Crippen LogP contribution in [0.4, 0.5) is 14.6 Å². The van der Waals surface area contributed by atoms with Crippen molar-refractivity contribution in [2.45, 2.75) is 32.0 Å². The minimum atomic E-state index is -0.832. The monoisotopic (exact) mass is 551 g/mol. The Morgan fingerprint density at radius 2 is 1.67 bits per heavy atom. The number of carbonyl (C=O) groups is 2. The molecule has 0 aliphatic carbocycles. The molecule has 2 aromatic heterocycles. The molecule has 0 saturated carbocycles. The molecule has 1 aliphatic rings. The maximum absolute atomic E-state index is 14.7. The average molecular weight is 552 g/mol. The summed E-state index contributed by atoms with van der Waals surface area (Å²) in [6, 6.07) is 14.7. The lowest BCUT2D eigenvalue weighted by Gasteiger charge is -2.18. The molecule has 39 heavy (non-hydrogen) atoms. The van der Waals surface area contributed by atoms with E-state index < -0.39 is 23.4 Å². The lowest BCUT2D eigenvalue weighted by atomic mass is 10.1. The summed E-state index contributed by atoms with van der Waals surface area (Å²) >= 11 is 6.21. The van der Waals surface area contributed by atoms with Crippen molar-refractivity contribution in [1.82, 2.24) is 30.9 Å². The fourth-order valence-corrected chi connectivity index (χ4v) is 4.61. The Hall–Kier alpha value is -4.19. The summed E-state index contributed by atoms with van der Waals surface area (Å²) in [4.78, 5) is 30.4. The van der Waals surface area contributed by atoms with Crippen molar-refractivity contribution < 1.29 is 18.4 Å². The third-order valence-electron chi connectivity index (χ3n) is 6.41. The summed E-state index contributed by atoms with van der Waals surface area (Å²) in [7, 11) is 0. The van der Waals surface area contributed by atoms with Gasteiger partial charge in [0.25, 0.3) is 11.8 Å². The van der Waals surface area contributed by atoms with E-state index in [4.69, 9.17) is 11.6 Å². The van der Waals surface area contributed by atoms with Crippen molar-refractivity contribution in [3.8, 4) is 16.9 Å². The smallest absolute Gasteiger partial charge is 0.272 e. The zero-order valence-electron chi connectivity index (χ0n) is 20.9. The van der Waals surface area contributed by atoms with E-state index in [-0.39, 0.29) is 51.5 Å². The first kappa shape index (κ1) is 26.4. The van der Waals surface area contributed by atoms with Crippen molar-refractivity contribution in [2.75, 3.05) is 5.32 Å². The van der Waals surface area contributed by atoms with Gasteiger partial charge in [0.1, 0.15) is 23.1 Å². The highest BCUT2D eigenvalue weighted by Crippen LogP contribution is 2.30. The molecule has 12 heteroatoms. The van der Waals surface area contributed by atoms with E-state index in [9.17, 15) is 18.4 Å². The molecule has 3 heterocycles. The standard InChI is InChI=1S/C27H24ClF2N7O2/c1-14-24(15(2)35-34-14)33-27(39)22-13-23(37(36-22)16-7-4-3-5-8-16)32-26(38)17-11-18(21(30)12-19(17)28)25-20(29)9-6-10-31-25/h3-15,24,34-35H,1-2H3,(H,32,38)(H,33,39). The predicted octanol–water partition coefficient (Wildman–Crippen LogP) is 4.10. The number of para-hydroxylation sites is 1. The average Bonchev–Trinajstić information content (AvgIpc) is 3.48. The third-order valence-corrected chi connectivity index (χ3v) is 6.73. The fraction of sp³-hybridized carbons (Fsp3) is 0.185. The highest BCUT2D eigenvalue weighted by Gasteiger charge is 2.32. The molecule has 2 atom stereocenters. The Labute approximate surface area is 227 Å². The van der Waals surface area contributed by atoms with Crippen molar-refractivity contribution in [1.29, 1.82) is 0 Å². The van der Waals surface area contributed by atoms with Crippen molar-refractivity contribution >= 4 is 29.2 Å². The summed E-state index contributed by atoms with van der Waals surface area (Å²) in [6.07, 6.45) is 1.32. The second-order valence-electron chi connectivity index (χ2n) is 9.13. The number of benzene rings is 2. The number of nitrogens with one attached hydrogen (secondary N) is 4. The zero-order valence-corrected chi connectivity index (χ0v) is 21.6. The molecular formula is C27H24ClF2N7O2. The Morgan fingerprint density at radius 1 is 0.949 bits per heavy atom. The number of hydrogen-bond donors (Lipinski definition) is 4. The largest absolute Gasteiger partial charge is 0.345 e. The molecule has 5 rings (SSSR count). The van der Waals surface area contributed by atoms with Crippen LogP contribution in [0.15, 0.2) is 66.9 Å². The maximum atomic E-state index is 14.7. The Bertz CT molecular complexity index is 1540. The van der Waals surface area contributed by atoms with E-state index in [0.717, 1.165) is 18.2 Å². The van der Waals surface area contributed by atoms with Crippen LogP contribution in [0.5, 0.6) is 0 Å². The van der Waals surface area contributed by atoms with Crippen LogP contribution in [0.25, 0.3) is 16.9 Å². The van der Waals surface area contributed by atoms with Crippen LogP contribution in [0.1, 0.15) is 34.7 Å². The van der Waals surface area contributed by atoms with Gasteiger partial charge in [-0.15, -0.1) is 0 Å². The van der Waals surface area contributed by atoms with Gasteiger partial charge in [0.2, 0.25) is 0 Å². The molecule has 9 nitrogen and oxygen atoms in total. The second-order valence-corrected chi connectivity index (χ2v) is 9.53. The fourth-order valence-electron chi connectivity index (χ4n) is 4.37. The molecule has 1 fully saturated rings. The highest BCUT2D eigenvalue weighted by molar-refractivity contribution is 6.34. The molecule has 4 N–H and O–H groups in total. The van der Waals surface area contributed by atoms with Crippen LogP contribution in [0.2, 0.25) is 5.02 Å². The SMILES string of the molecule is CC1NNC(C)C1NC(=O)c1cc(NC(=O)c2cc(-c3ncccc3F)c(F)cc2Cl)n(-c2ccccc2)n1. The van der Waals surface area contributed by atoms with Crippen LogP contribution in [0, 0.1) is 11.6 Å². The van der Waals surface area contributed by atoms with E-state index in [1.807, 2.05) is 19.9 Å². The molecular weight excluding hydrogens is 528 g/mol. The minimum Gasteiger partial charge on any atom is -0.345 e. The topological polar surface area (TPSA) is 113 Å². The summed E-state index contributed by atoms with van der Waals surface area (Å²) < 4.78 is 30.4. The van der Waals surface area contributed by atoms with Gasteiger partial charge in [0.15, 0.2) is 5.69 Å². The van der Waals surface area contributed by atoms with Crippen molar-refractivity contribution in [3.05, 3.63) is 94.8 Å². The number of hydrogen-bond acceptors (Lipinski definition) is 6. The third kappa shape index (κ3) is 5.37. The van der Waals surface area contributed by atoms with Crippen molar-refractivity contribution in [3.63, 3.8) is 0 Å². The minimum absolute atomic E-state index is 0.0157. The highest BCUT2D eigenvalue weighted by atomic mass is 35.5. The first-order valence-corrected chi connectivity index (χ1v) is 12.5. The molecule has 2 aromatic carbocycles. The number of aromatic nitrogens is 3. The number of hydrazine groups is 1. The van der Waals surface area contributed by atoms with Gasteiger partial charge in [-0.05, 0) is 50.2 Å². The molecule has 0 spiro atoms. The molecule has 2 amide bonds. The first-order chi connectivity index (χ1) is 18.7. The predicted molar refractivity (Wildman–Crippen MR) is 143 cm³/mol. The van der Waals surface area contributed by atoms with E-state index in [1.165, 1.54) is 23.0 Å². The summed E-state index contributed by atoms with van der Waals surface area (Å²) in [5.41, 5.74) is 6.22. The zero-order chi connectivity index (χ0) is 27.7.